The number of sulfonamides is 1. The summed E-state index contributed by atoms with van der Waals surface area (Å²) in [6, 6.07) is 8.86. The number of amides is 1. The molecule has 1 atom stereocenters. The first kappa shape index (κ1) is 21.1. The van der Waals surface area contributed by atoms with E-state index >= 15 is 0 Å². The molecule has 4 rings (SSSR count). The van der Waals surface area contributed by atoms with Gasteiger partial charge in [0.2, 0.25) is 10.0 Å². The number of furan rings is 1. The van der Waals surface area contributed by atoms with Crippen LogP contribution in [0.1, 0.15) is 35.4 Å². The Labute approximate surface area is 176 Å². The predicted octanol–water partition coefficient (Wildman–Crippen LogP) is 1.89. The number of hydrogen-bond acceptors (Lipinski definition) is 6. The Hall–Kier alpha value is -2.17. The fourth-order valence-corrected chi connectivity index (χ4v) is 7.22. The lowest BCUT2D eigenvalue weighted by atomic mass is 10.1. The third-order valence-electron chi connectivity index (χ3n) is 5.62. The van der Waals surface area contributed by atoms with Gasteiger partial charge in [-0.25, -0.2) is 16.8 Å². The van der Waals surface area contributed by atoms with Crippen LogP contribution in [0.3, 0.4) is 0 Å². The third-order valence-corrected chi connectivity index (χ3v) is 9.28. The van der Waals surface area contributed by atoms with E-state index in [0.29, 0.717) is 30.8 Å². The maximum atomic E-state index is 13.2. The first-order chi connectivity index (χ1) is 14.3. The number of hydrogen-bond donors (Lipinski definition) is 0. The van der Waals surface area contributed by atoms with Gasteiger partial charge in [0.05, 0.1) is 29.2 Å². The number of sulfone groups is 1. The highest BCUT2D eigenvalue weighted by Crippen LogP contribution is 2.25. The van der Waals surface area contributed by atoms with Crippen LogP contribution in [0.15, 0.2) is 52.0 Å². The zero-order chi connectivity index (χ0) is 21.4. The Balaban J connectivity index is 1.58. The van der Waals surface area contributed by atoms with Crippen molar-refractivity contribution in [3.8, 4) is 0 Å². The van der Waals surface area contributed by atoms with Crippen LogP contribution < -0.4 is 0 Å². The second-order valence-corrected chi connectivity index (χ2v) is 11.9. The summed E-state index contributed by atoms with van der Waals surface area (Å²) in [5.41, 5.74) is 0.311. The smallest absolute Gasteiger partial charge is 0.254 e. The van der Waals surface area contributed by atoms with Crippen molar-refractivity contribution in [1.82, 2.24) is 9.21 Å². The van der Waals surface area contributed by atoms with Gasteiger partial charge < -0.3 is 9.32 Å². The molecule has 2 aromatic rings. The number of rotatable bonds is 6. The van der Waals surface area contributed by atoms with Gasteiger partial charge in [0.1, 0.15) is 5.76 Å². The molecule has 30 heavy (non-hydrogen) atoms. The van der Waals surface area contributed by atoms with Gasteiger partial charge in [-0.1, -0.05) is 0 Å². The molecular weight excluding hydrogens is 428 g/mol. The van der Waals surface area contributed by atoms with Crippen LogP contribution in [0.4, 0.5) is 0 Å². The quantitative estimate of drug-likeness (QED) is 0.663. The molecule has 1 amide bonds. The van der Waals surface area contributed by atoms with Crippen molar-refractivity contribution in [3.05, 3.63) is 54.0 Å². The summed E-state index contributed by atoms with van der Waals surface area (Å²) >= 11 is 0. The van der Waals surface area contributed by atoms with Gasteiger partial charge in [0.25, 0.3) is 5.91 Å². The molecule has 10 heteroatoms. The summed E-state index contributed by atoms with van der Waals surface area (Å²) in [5, 5.41) is 0. The van der Waals surface area contributed by atoms with Gasteiger partial charge >= 0.3 is 0 Å². The van der Waals surface area contributed by atoms with Crippen LogP contribution in [0.5, 0.6) is 0 Å². The number of nitrogens with zero attached hydrogens (tertiary/aromatic N) is 2. The van der Waals surface area contributed by atoms with E-state index in [1.54, 1.807) is 12.1 Å². The third kappa shape index (κ3) is 4.30. The minimum atomic E-state index is -3.56. The topological polar surface area (TPSA) is 105 Å². The molecule has 3 heterocycles. The fourth-order valence-electron chi connectivity index (χ4n) is 3.97. The molecule has 0 N–H and O–H groups in total. The van der Waals surface area contributed by atoms with Crippen molar-refractivity contribution in [2.45, 2.75) is 36.7 Å². The lowest BCUT2D eigenvalue weighted by molar-refractivity contribution is 0.0666. The van der Waals surface area contributed by atoms with Crippen molar-refractivity contribution < 1.29 is 26.0 Å². The van der Waals surface area contributed by atoms with Crippen LogP contribution in [0, 0.1) is 0 Å². The highest BCUT2D eigenvalue weighted by Gasteiger charge is 2.35. The van der Waals surface area contributed by atoms with E-state index in [1.165, 1.54) is 39.7 Å². The van der Waals surface area contributed by atoms with Gasteiger partial charge in [0, 0.05) is 24.7 Å². The largest absolute Gasteiger partial charge is 0.467 e. The van der Waals surface area contributed by atoms with Gasteiger partial charge in [0.15, 0.2) is 9.84 Å². The number of benzene rings is 1. The monoisotopic (exact) mass is 452 g/mol. The average Bonchev–Trinajstić information content (AvgIpc) is 3.48. The van der Waals surface area contributed by atoms with Crippen molar-refractivity contribution in [2.24, 2.45) is 0 Å². The summed E-state index contributed by atoms with van der Waals surface area (Å²) in [4.78, 5) is 14.9. The number of carbonyl (C=O) groups excluding carboxylic acids is 1. The Morgan fingerprint density at radius 3 is 2.40 bits per heavy atom. The van der Waals surface area contributed by atoms with Crippen LogP contribution in [0.2, 0.25) is 0 Å². The lowest BCUT2D eigenvalue weighted by Crippen LogP contribution is -2.40. The van der Waals surface area contributed by atoms with Gasteiger partial charge in [-0.15, -0.1) is 0 Å². The lowest BCUT2D eigenvalue weighted by Gasteiger charge is -2.27. The number of carbonyl (C=O) groups is 1. The Bertz CT molecular complexity index is 1100. The molecular formula is C20H24N2O6S2. The Kier molecular flexibility index (Phi) is 5.73. The molecule has 0 aliphatic carbocycles. The van der Waals surface area contributed by atoms with Crippen LogP contribution >= 0.6 is 0 Å². The summed E-state index contributed by atoms with van der Waals surface area (Å²) in [5.74, 6) is 0.174. The Morgan fingerprint density at radius 2 is 1.83 bits per heavy atom. The van der Waals surface area contributed by atoms with E-state index in [-0.39, 0.29) is 28.9 Å². The molecule has 2 fully saturated rings. The summed E-state index contributed by atoms with van der Waals surface area (Å²) in [7, 11) is -6.74. The maximum Gasteiger partial charge on any atom is 0.254 e. The zero-order valence-corrected chi connectivity index (χ0v) is 18.1. The van der Waals surface area contributed by atoms with E-state index in [2.05, 4.69) is 0 Å². The summed E-state index contributed by atoms with van der Waals surface area (Å²) in [6.45, 7) is 1.17. The minimum absolute atomic E-state index is 0.0482. The molecule has 8 nitrogen and oxygen atoms in total. The predicted molar refractivity (Wildman–Crippen MR) is 110 cm³/mol. The van der Waals surface area contributed by atoms with Crippen LogP contribution in [0.25, 0.3) is 0 Å². The summed E-state index contributed by atoms with van der Waals surface area (Å²) < 4.78 is 56.1. The van der Waals surface area contributed by atoms with Crippen molar-refractivity contribution in [2.75, 3.05) is 24.6 Å². The van der Waals surface area contributed by atoms with E-state index in [0.717, 1.165) is 12.8 Å². The van der Waals surface area contributed by atoms with Crippen molar-refractivity contribution in [1.29, 1.82) is 0 Å². The first-order valence-electron chi connectivity index (χ1n) is 9.90. The maximum absolute atomic E-state index is 13.2. The average molecular weight is 453 g/mol. The fraction of sp³-hybridized carbons (Fsp3) is 0.450. The van der Waals surface area contributed by atoms with Gasteiger partial charge in [-0.05, 0) is 55.7 Å². The second-order valence-electron chi connectivity index (χ2n) is 7.70. The highest BCUT2D eigenvalue weighted by molar-refractivity contribution is 7.91. The molecule has 162 valence electrons. The standard InChI is InChI=1S/C20H24N2O6S2/c23-20(16-5-7-19(8-6-16)30(26,27)21-10-1-2-11-21)22(14-18-4-3-12-28-18)17-9-13-29(24,25)15-17/h3-8,12,17H,1-2,9-11,13-15H2/t17-/m1/s1. The molecule has 1 aromatic carbocycles. The minimum Gasteiger partial charge on any atom is -0.467 e. The van der Waals surface area contributed by atoms with E-state index in [1.807, 2.05) is 0 Å². The van der Waals surface area contributed by atoms with E-state index in [4.69, 9.17) is 4.42 Å². The first-order valence-corrected chi connectivity index (χ1v) is 13.2. The second kappa shape index (κ2) is 8.16. The Morgan fingerprint density at radius 1 is 1.13 bits per heavy atom. The highest BCUT2D eigenvalue weighted by atomic mass is 32.2. The molecule has 0 radical (unpaired) electrons. The molecule has 0 saturated carbocycles. The van der Waals surface area contributed by atoms with Crippen LogP contribution in [-0.2, 0) is 26.4 Å². The molecule has 2 aliphatic heterocycles. The van der Waals surface area contributed by atoms with Crippen molar-refractivity contribution in [3.63, 3.8) is 0 Å². The van der Waals surface area contributed by atoms with Crippen molar-refractivity contribution >= 4 is 25.8 Å². The molecule has 1 aromatic heterocycles. The SMILES string of the molecule is O=C(c1ccc(S(=O)(=O)N2CCCC2)cc1)N(Cc1ccco1)[C@@H]1CCS(=O)(=O)C1. The van der Waals surface area contributed by atoms with Gasteiger partial charge in [-0.3, -0.25) is 4.79 Å². The zero-order valence-electron chi connectivity index (χ0n) is 16.4. The van der Waals surface area contributed by atoms with E-state index < -0.39 is 25.9 Å². The molecule has 2 aliphatic rings. The molecule has 2 saturated heterocycles. The summed E-state index contributed by atoms with van der Waals surface area (Å²) in [6.07, 6.45) is 3.57. The molecule has 0 unspecified atom stereocenters. The van der Waals surface area contributed by atoms with E-state index in [9.17, 15) is 21.6 Å². The normalized spacial score (nSPS) is 21.7. The molecule has 0 spiro atoms. The van der Waals surface area contributed by atoms with Gasteiger partial charge in [-0.2, -0.15) is 4.31 Å². The molecule has 0 bridgehead atoms. The van der Waals surface area contributed by atoms with Crippen LogP contribution in [-0.4, -0.2) is 62.6 Å².